The number of aromatic nitrogens is 2. The predicted molar refractivity (Wildman–Crippen MR) is 72.6 cm³/mol. The first-order chi connectivity index (χ1) is 8.83. The first-order valence-electron chi connectivity index (χ1n) is 7.42. The van der Waals surface area contributed by atoms with Crippen molar-refractivity contribution >= 4 is 0 Å². The molecule has 3 heteroatoms. The van der Waals surface area contributed by atoms with Crippen LogP contribution in [0.5, 0.6) is 0 Å². The van der Waals surface area contributed by atoms with Crippen molar-refractivity contribution in [3.63, 3.8) is 0 Å². The fourth-order valence-electron chi connectivity index (χ4n) is 3.28. The lowest BCUT2D eigenvalue weighted by Gasteiger charge is -2.23. The van der Waals surface area contributed by atoms with Crippen LogP contribution in [-0.4, -0.2) is 16.5 Å². The zero-order valence-corrected chi connectivity index (χ0v) is 11.3. The van der Waals surface area contributed by atoms with Crippen molar-refractivity contribution in [2.45, 2.75) is 63.8 Å². The van der Waals surface area contributed by atoms with Crippen molar-refractivity contribution in [3.8, 4) is 0 Å². The van der Waals surface area contributed by atoms with Crippen molar-refractivity contribution in [2.75, 3.05) is 6.54 Å². The Morgan fingerprint density at radius 3 is 2.56 bits per heavy atom. The van der Waals surface area contributed by atoms with E-state index in [0.29, 0.717) is 12.0 Å². The SMILES string of the molecule is Cc1cc(C2CCCC2)nc(C2CCCCN2)n1. The largest absolute Gasteiger partial charge is 0.307 e. The summed E-state index contributed by atoms with van der Waals surface area (Å²) in [4.78, 5) is 9.52. The Hall–Kier alpha value is -0.960. The molecular weight excluding hydrogens is 222 g/mol. The Balaban J connectivity index is 1.84. The Kier molecular flexibility index (Phi) is 3.59. The van der Waals surface area contributed by atoms with E-state index < -0.39 is 0 Å². The molecule has 0 spiro atoms. The van der Waals surface area contributed by atoms with Crippen LogP contribution < -0.4 is 5.32 Å². The van der Waals surface area contributed by atoms with Crippen LogP contribution in [0.15, 0.2) is 6.07 Å². The third kappa shape index (κ3) is 2.56. The van der Waals surface area contributed by atoms with E-state index in [1.165, 1.54) is 50.6 Å². The molecule has 1 atom stereocenters. The van der Waals surface area contributed by atoms with Crippen LogP contribution in [0.1, 0.15) is 74.1 Å². The molecule has 18 heavy (non-hydrogen) atoms. The number of aryl methyl sites for hydroxylation is 1. The lowest BCUT2D eigenvalue weighted by atomic mass is 10.0. The maximum atomic E-state index is 4.87. The molecule has 1 saturated heterocycles. The predicted octanol–water partition coefficient (Wildman–Crippen LogP) is 3.26. The van der Waals surface area contributed by atoms with Crippen LogP contribution in [0.4, 0.5) is 0 Å². The van der Waals surface area contributed by atoms with Crippen LogP contribution in [0.25, 0.3) is 0 Å². The minimum Gasteiger partial charge on any atom is -0.307 e. The van der Waals surface area contributed by atoms with Gasteiger partial charge in [0.15, 0.2) is 0 Å². The van der Waals surface area contributed by atoms with E-state index in [-0.39, 0.29) is 0 Å². The van der Waals surface area contributed by atoms with E-state index in [9.17, 15) is 0 Å². The average molecular weight is 245 g/mol. The van der Waals surface area contributed by atoms with Crippen molar-refractivity contribution < 1.29 is 0 Å². The highest BCUT2D eigenvalue weighted by atomic mass is 15.0. The topological polar surface area (TPSA) is 37.8 Å². The number of hydrogen-bond donors (Lipinski definition) is 1. The van der Waals surface area contributed by atoms with Gasteiger partial charge in [-0.15, -0.1) is 0 Å². The number of piperidine rings is 1. The molecule has 0 radical (unpaired) electrons. The zero-order valence-electron chi connectivity index (χ0n) is 11.3. The van der Waals surface area contributed by atoms with Gasteiger partial charge in [0, 0.05) is 17.3 Å². The number of rotatable bonds is 2. The summed E-state index contributed by atoms with van der Waals surface area (Å²) in [6.45, 7) is 3.22. The maximum Gasteiger partial charge on any atom is 0.145 e. The summed E-state index contributed by atoms with van der Waals surface area (Å²) in [6, 6.07) is 2.58. The minimum atomic E-state index is 0.388. The van der Waals surface area contributed by atoms with E-state index in [4.69, 9.17) is 4.98 Å². The van der Waals surface area contributed by atoms with Crippen LogP contribution in [-0.2, 0) is 0 Å². The summed E-state index contributed by atoms with van der Waals surface area (Å²) in [7, 11) is 0. The highest BCUT2D eigenvalue weighted by molar-refractivity contribution is 5.17. The van der Waals surface area contributed by atoms with Gasteiger partial charge in [0.25, 0.3) is 0 Å². The number of hydrogen-bond acceptors (Lipinski definition) is 3. The standard InChI is InChI=1S/C15H23N3/c1-11-10-14(12-6-2-3-7-12)18-15(17-11)13-8-4-5-9-16-13/h10,12-13,16H,2-9H2,1H3. The Morgan fingerprint density at radius 1 is 1.06 bits per heavy atom. The third-order valence-electron chi connectivity index (χ3n) is 4.29. The van der Waals surface area contributed by atoms with Gasteiger partial charge in [-0.2, -0.15) is 0 Å². The van der Waals surface area contributed by atoms with Crippen molar-refractivity contribution in [1.29, 1.82) is 0 Å². The summed E-state index contributed by atoms with van der Waals surface area (Å²) in [5.41, 5.74) is 2.43. The lowest BCUT2D eigenvalue weighted by Crippen LogP contribution is -2.28. The molecule has 2 aliphatic rings. The lowest BCUT2D eigenvalue weighted by molar-refractivity contribution is 0.395. The summed E-state index contributed by atoms with van der Waals surface area (Å²) in [5.74, 6) is 1.73. The molecule has 1 aliphatic heterocycles. The van der Waals surface area contributed by atoms with Crippen LogP contribution >= 0.6 is 0 Å². The molecule has 3 nitrogen and oxygen atoms in total. The average Bonchev–Trinajstić information content (AvgIpc) is 2.93. The first-order valence-corrected chi connectivity index (χ1v) is 7.42. The molecular formula is C15H23N3. The van der Waals surface area contributed by atoms with Crippen LogP contribution in [0.3, 0.4) is 0 Å². The van der Waals surface area contributed by atoms with Gasteiger partial charge in [0.2, 0.25) is 0 Å². The van der Waals surface area contributed by atoms with E-state index in [2.05, 4.69) is 23.3 Å². The molecule has 0 aromatic carbocycles. The molecule has 3 rings (SSSR count). The molecule has 1 aliphatic carbocycles. The molecule has 2 fully saturated rings. The molecule has 2 heterocycles. The highest BCUT2D eigenvalue weighted by Crippen LogP contribution is 2.33. The van der Waals surface area contributed by atoms with Gasteiger partial charge in [-0.25, -0.2) is 9.97 Å². The summed E-state index contributed by atoms with van der Waals surface area (Å²) >= 11 is 0. The maximum absolute atomic E-state index is 4.87. The minimum absolute atomic E-state index is 0.388. The molecule has 1 unspecified atom stereocenters. The summed E-state index contributed by atoms with van der Waals surface area (Å²) < 4.78 is 0. The zero-order chi connectivity index (χ0) is 12.4. The third-order valence-corrected chi connectivity index (χ3v) is 4.29. The van der Waals surface area contributed by atoms with Gasteiger partial charge in [-0.1, -0.05) is 19.3 Å². The van der Waals surface area contributed by atoms with E-state index in [1.54, 1.807) is 0 Å². The fraction of sp³-hybridized carbons (Fsp3) is 0.733. The van der Waals surface area contributed by atoms with Gasteiger partial charge in [-0.3, -0.25) is 0 Å². The first kappa shape index (κ1) is 12.1. The van der Waals surface area contributed by atoms with Crippen molar-refractivity contribution in [3.05, 3.63) is 23.3 Å². The fourth-order valence-corrected chi connectivity index (χ4v) is 3.28. The summed E-state index contributed by atoms with van der Waals surface area (Å²) in [5, 5.41) is 3.56. The Morgan fingerprint density at radius 2 is 1.83 bits per heavy atom. The second kappa shape index (κ2) is 5.35. The number of nitrogens with one attached hydrogen (secondary N) is 1. The second-order valence-corrected chi connectivity index (χ2v) is 5.78. The van der Waals surface area contributed by atoms with Gasteiger partial charge in [-0.05, 0) is 45.2 Å². The molecule has 0 bridgehead atoms. The quantitative estimate of drug-likeness (QED) is 0.869. The normalized spacial score (nSPS) is 25.5. The van der Waals surface area contributed by atoms with Gasteiger partial charge in [0.1, 0.15) is 5.82 Å². The van der Waals surface area contributed by atoms with Crippen LogP contribution in [0, 0.1) is 6.92 Å². The monoisotopic (exact) mass is 245 g/mol. The van der Waals surface area contributed by atoms with E-state index in [1.807, 2.05) is 0 Å². The molecule has 98 valence electrons. The Labute approximate surface area is 109 Å². The second-order valence-electron chi connectivity index (χ2n) is 5.78. The van der Waals surface area contributed by atoms with Crippen molar-refractivity contribution in [1.82, 2.24) is 15.3 Å². The number of nitrogens with zero attached hydrogens (tertiary/aromatic N) is 2. The highest BCUT2D eigenvalue weighted by Gasteiger charge is 2.22. The molecule has 1 saturated carbocycles. The van der Waals surface area contributed by atoms with Gasteiger partial charge < -0.3 is 5.32 Å². The van der Waals surface area contributed by atoms with Crippen molar-refractivity contribution in [2.24, 2.45) is 0 Å². The smallest absolute Gasteiger partial charge is 0.145 e. The van der Waals surface area contributed by atoms with Crippen LogP contribution in [0.2, 0.25) is 0 Å². The van der Waals surface area contributed by atoms with E-state index in [0.717, 1.165) is 18.1 Å². The van der Waals surface area contributed by atoms with Gasteiger partial charge >= 0.3 is 0 Å². The molecule has 1 aromatic heterocycles. The Bertz CT molecular complexity index is 404. The molecule has 1 N–H and O–H groups in total. The molecule has 1 aromatic rings. The van der Waals surface area contributed by atoms with E-state index >= 15 is 0 Å². The summed E-state index contributed by atoms with van der Waals surface area (Å²) in [6.07, 6.45) is 9.14. The van der Waals surface area contributed by atoms with Gasteiger partial charge in [0.05, 0.1) is 6.04 Å². The molecule has 0 amide bonds.